The highest BCUT2D eigenvalue weighted by molar-refractivity contribution is 7.92. The van der Waals surface area contributed by atoms with Crippen LogP contribution in [0, 0.1) is 0 Å². The summed E-state index contributed by atoms with van der Waals surface area (Å²) in [5.41, 5.74) is -0.233. The molecule has 2 aliphatic rings. The molecule has 2 rings (SSSR count). The minimum absolute atomic E-state index is 0.233. The normalized spacial score (nSPS) is 40.1. The zero-order valence-electron chi connectivity index (χ0n) is 8.62. The fourth-order valence-corrected chi connectivity index (χ4v) is 4.06. The highest BCUT2D eigenvalue weighted by atomic mass is 32.2. The first-order valence-corrected chi connectivity index (χ1v) is 6.75. The van der Waals surface area contributed by atoms with Crippen molar-refractivity contribution in [3.05, 3.63) is 0 Å². The first kappa shape index (κ1) is 10.4. The van der Waals surface area contributed by atoms with Gasteiger partial charge in [0, 0.05) is 6.54 Å². The summed E-state index contributed by atoms with van der Waals surface area (Å²) in [7, 11) is -2.91. The number of rotatable bonds is 1. The molecule has 1 N–H and O–H groups in total. The van der Waals surface area contributed by atoms with Crippen molar-refractivity contribution >= 4 is 9.84 Å². The summed E-state index contributed by atoms with van der Waals surface area (Å²) in [6, 6.07) is 0. The molecular weight excluding hydrogens is 202 g/mol. The number of hydrogen-bond acceptors (Lipinski definition) is 4. The summed E-state index contributed by atoms with van der Waals surface area (Å²) in [4.78, 5) is 0. The van der Waals surface area contributed by atoms with E-state index in [0.717, 1.165) is 19.4 Å². The highest BCUT2D eigenvalue weighted by Crippen LogP contribution is 2.29. The second kappa shape index (κ2) is 3.18. The topological polar surface area (TPSA) is 55.4 Å². The molecular formula is C9H17NO3S. The van der Waals surface area contributed by atoms with Gasteiger partial charge in [-0.05, 0) is 26.7 Å². The van der Waals surface area contributed by atoms with Crippen molar-refractivity contribution in [2.24, 2.45) is 0 Å². The van der Waals surface area contributed by atoms with Crippen LogP contribution in [0.1, 0.15) is 26.7 Å². The Hall–Kier alpha value is -0.130. The predicted octanol–water partition coefficient (Wildman–Crippen LogP) is 0.288. The second-order valence-corrected chi connectivity index (χ2v) is 7.07. The van der Waals surface area contributed by atoms with Crippen LogP contribution in [-0.2, 0) is 14.6 Å². The van der Waals surface area contributed by atoms with E-state index in [2.05, 4.69) is 5.32 Å². The molecule has 2 atom stereocenters. The molecule has 0 saturated carbocycles. The Morgan fingerprint density at radius 1 is 1.43 bits per heavy atom. The number of ether oxygens (including phenoxy) is 1. The summed E-state index contributed by atoms with van der Waals surface area (Å²) in [6.45, 7) is 4.67. The number of sulfone groups is 1. The third kappa shape index (κ3) is 1.81. The molecule has 0 aromatic heterocycles. The van der Waals surface area contributed by atoms with Crippen LogP contribution in [0.3, 0.4) is 0 Å². The van der Waals surface area contributed by atoms with E-state index in [9.17, 15) is 8.42 Å². The molecule has 2 heterocycles. The average Bonchev–Trinajstić information content (AvgIpc) is 2.53. The minimum Gasteiger partial charge on any atom is -0.355 e. The lowest BCUT2D eigenvalue weighted by Crippen LogP contribution is -2.39. The van der Waals surface area contributed by atoms with Gasteiger partial charge in [-0.1, -0.05) is 0 Å². The Balaban J connectivity index is 2.11. The van der Waals surface area contributed by atoms with Gasteiger partial charge in [0.15, 0.2) is 9.84 Å². The van der Waals surface area contributed by atoms with E-state index in [1.165, 1.54) is 0 Å². The van der Waals surface area contributed by atoms with Gasteiger partial charge < -0.3 is 4.74 Å². The average molecular weight is 219 g/mol. The van der Waals surface area contributed by atoms with Crippen LogP contribution in [0.4, 0.5) is 0 Å². The molecule has 2 aliphatic heterocycles. The van der Waals surface area contributed by atoms with Crippen molar-refractivity contribution in [1.82, 2.24) is 5.32 Å². The van der Waals surface area contributed by atoms with Crippen molar-refractivity contribution in [2.75, 3.05) is 12.3 Å². The molecule has 2 fully saturated rings. The number of nitrogens with one attached hydrogen (secondary N) is 1. The Kier molecular flexibility index (Phi) is 2.36. The van der Waals surface area contributed by atoms with Crippen LogP contribution in [0.25, 0.3) is 0 Å². The zero-order chi connectivity index (χ0) is 10.4. The van der Waals surface area contributed by atoms with Crippen molar-refractivity contribution in [1.29, 1.82) is 0 Å². The maximum absolute atomic E-state index is 11.6. The molecule has 0 aromatic carbocycles. The van der Waals surface area contributed by atoms with Gasteiger partial charge in [0.05, 0.1) is 11.4 Å². The maximum Gasteiger partial charge on any atom is 0.157 e. The monoisotopic (exact) mass is 219 g/mol. The van der Waals surface area contributed by atoms with Crippen molar-refractivity contribution in [3.8, 4) is 0 Å². The first-order chi connectivity index (χ1) is 6.41. The summed E-state index contributed by atoms with van der Waals surface area (Å²) in [5.74, 6) is 0.319. The van der Waals surface area contributed by atoms with Gasteiger partial charge in [-0.3, -0.25) is 5.32 Å². The minimum atomic E-state index is -2.91. The smallest absolute Gasteiger partial charge is 0.157 e. The lowest BCUT2D eigenvalue weighted by Gasteiger charge is -2.21. The fraction of sp³-hybridized carbons (Fsp3) is 1.00. The Morgan fingerprint density at radius 2 is 2.14 bits per heavy atom. The quantitative estimate of drug-likeness (QED) is 0.688. The van der Waals surface area contributed by atoms with Crippen LogP contribution in [-0.4, -0.2) is 37.8 Å². The molecule has 0 bridgehead atoms. The first-order valence-electron chi connectivity index (χ1n) is 5.03. The van der Waals surface area contributed by atoms with Crippen LogP contribution in [0.2, 0.25) is 0 Å². The van der Waals surface area contributed by atoms with Crippen LogP contribution < -0.4 is 5.32 Å². The van der Waals surface area contributed by atoms with Crippen LogP contribution >= 0.6 is 0 Å². The molecule has 0 amide bonds. The predicted molar refractivity (Wildman–Crippen MR) is 53.8 cm³/mol. The Labute approximate surface area is 84.9 Å². The standard InChI is InChI=1S/C9H17NO3S/c1-9(2)6-10-8(13-9)7-4-3-5-14(7,11)12/h7-8,10H,3-6H2,1-2H3. The summed E-state index contributed by atoms with van der Waals surface area (Å²) in [6.07, 6.45) is 1.21. The lowest BCUT2D eigenvalue weighted by atomic mass is 10.1. The number of hydrogen-bond donors (Lipinski definition) is 1. The van der Waals surface area contributed by atoms with Gasteiger partial charge in [-0.25, -0.2) is 8.42 Å². The van der Waals surface area contributed by atoms with Gasteiger partial charge in [-0.2, -0.15) is 0 Å². The second-order valence-electron chi connectivity index (χ2n) is 4.73. The molecule has 5 heteroatoms. The van der Waals surface area contributed by atoms with Gasteiger partial charge in [-0.15, -0.1) is 0 Å². The largest absolute Gasteiger partial charge is 0.355 e. The molecule has 4 nitrogen and oxygen atoms in total. The maximum atomic E-state index is 11.6. The molecule has 0 aromatic rings. The van der Waals surface area contributed by atoms with Gasteiger partial charge >= 0.3 is 0 Å². The molecule has 0 spiro atoms. The van der Waals surface area contributed by atoms with Crippen LogP contribution in [0.15, 0.2) is 0 Å². The highest BCUT2D eigenvalue weighted by Gasteiger charge is 2.44. The van der Waals surface area contributed by atoms with Gasteiger partial charge in [0.25, 0.3) is 0 Å². The van der Waals surface area contributed by atoms with Crippen molar-refractivity contribution in [3.63, 3.8) is 0 Å². The molecule has 14 heavy (non-hydrogen) atoms. The summed E-state index contributed by atoms with van der Waals surface area (Å²) >= 11 is 0. The Bertz CT molecular complexity index is 323. The van der Waals surface area contributed by atoms with E-state index in [0.29, 0.717) is 5.75 Å². The Morgan fingerprint density at radius 3 is 2.57 bits per heavy atom. The van der Waals surface area contributed by atoms with E-state index >= 15 is 0 Å². The van der Waals surface area contributed by atoms with Crippen molar-refractivity contribution < 1.29 is 13.2 Å². The fourth-order valence-electron chi connectivity index (χ4n) is 2.14. The molecule has 2 saturated heterocycles. The molecule has 0 radical (unpaired) electrons. The third-order valence-electron chi connectivity index (χ3n) is 2.89. The van der Waals surface area contributed by atoms with E-state index in [1.54, 1.807) is 0 Å². The molecule has 2 unspecified atom stereocenters. The zero-order valence-corrected chi connectivity index (χ0v) is 9.43. The SMILES string of the molecule is CC1(C)CNC(C2CCCS2(=O)=O)O1. The van der Waals surface area contributed by atoms with Crippen LogP contribution in [0.5, 0.6) is 0 Å². The van der Waals surface area contributed by atoms with Gasteiger partial charge in [0.2, 0.25) is 0 Å². The lowest BCUT2D eigenvalue weighted by molar-refractivity contribution is -0.0157. The molecule has 82 valence electrons. The van der Waals surface area contributed by atoms with E-state index in [-0.39, 0.29) is 17.1 Å². The van der Waals surface area contributed by atoms with Gasteiger partial charge in [0.1, 0.15) is 11.5 Å². The van der Waals surface area contributed by atoms with E-state index in [1.807, 2.05) is 13.8 Å². The van der Waals surface area contributed by atoms with E-state index in [4.69, 9.17) is 4.74 Å². The summed E-state index contributed by atoms with van der Waals surface area (Å²) in [5, 5.41) is 2.81. The van der Waals surface area contributed by atoms with E-state index < -0.39 is 9.84 Å². The summed E-state index contributed by atoms with van der Waals surface area (Å²) < 4.78 is 29.0. The third-order valence-corrected chi connectivity index (χ3v) is 5.15. The molecule has 0 aliphatic carbocycles. The van der Waals surface area contributed by atoms with Crippen molar-refractivity contribution in [2.45, 2.75) is 43.8 Å².